The molecule has 0 bridgehead atoms. The molecule has 2 rings (SSSR count). The summed E-state index contributed by atoms with van der Waals surface area (Å²) >= 11 is 28.6. The molecule has 2 aliphatic rings. The molecule has 0 aromatic rings. The molecule has 0 amide bonds. The van der Waals surface area contributed by atoms with Crippen molar-refractivity contribution in [1.29, 1.82) is 0 Å². The van der Waals surface area contributed by atoms with E-state index in [9.17, 15) is 9.59 Å². The molecule has 2 unspecified atom stereocenters. The summed E-state index contributed by atoms with van der Waals surface area (Å²) < 4.78 is 10.2. The molecule has 12 heteroatoms. The second-order valence-corrected chi connectivity index (χ2v) is 23.9. The predicted molar refractivity (Wildman–Crippen MR) is 305 cm³/mol. The van der Waals surface area contributed by atoms with Gasteiger partial charge in [-0.2, -0.15) is 25.3 Å². The summed E-state index contributed by atoms with van der Waals surface area (Å²) in [5, 5.41) is -0.528. The van der Waals surface area contributed by atoms with Crippen molar-refractivity contribution in [3.05, 3.63) is 30.8 Å². The van der Waals surface area contributed by atoms with E-state index in [4.69, 9.17) is 59.2 Å². The standard InChI is InChI=1S/C52H88O4S8/c1-5-7-9-11-13-15-17-19-21-23-25-27-29-31-33-35-37-61-49-44(43-45(57)47(59)48(60)46(43)58)50(63-39-41(53)55-3)52(64-40-42(54)56-4)51(49)62-38-36-34-32-30-28-26-24-22-20-18-16-14-12-10-8-6-2/h47-48,59-60H,5-40H2,1-4H3. The van der Waals surface area contributed by atoms with E-state index in [-0.39, 0.29) is 33.9 Å². The first-order valence-corrected chi connectivity index (χ1v) is 31.4. The summed E-state index contributed by atoms with van der Waals surface area (Å²) in [6.45, 7) is 4.58. The number of thiol groups is 2. The van der Waals surface area contributed by atoms with Crippen LogP contribution in [0.15, 0.2) is 30.8 Å². The van der Waals surface area contributed by atoms with Crippen LogP contribution >= 0.6 is 96.7 Å². The average molecular weight is 1030 g/mol. The number of hydrogen-bond acceptors (Lipinski definition) is 12. The number of hydrogen-bond donors (Lipinski definition) is 2. The number of esters is 2. The molecule has 2 aliphatic carbocycles. The van der Waals surface area contributed by atoms with E-state index in [0.717, 1.165) is 45.3 Å². The Hall–Kier alpha value is 0.440. The van der Waals surface area contributed by atoms with Crippen LogP contribution in [0.3, 0.4) is 0 Å². The molecule has 0 N–H and O–H groups in total. The Balaban J connectivity index is 2.05. The number of unbranched alkanes of at least 4 members (excludes halogenated alkanes) is 30. The summed E-state index contributed by atoms with van der Waals surface area (Å²) in [7, 11) is 2.86. The van der Waals surface area contributed by atoms with Crippen LogP contribution in [-0.2, 0) is 19.1 Å². The Morgan fingerprint density at radius 1 is 0.406 bits per heavy atom. The predicted octanol–water partition coefficient (Wildman–Crippen LogP) is 17.9. The van der Waals surface area contributed by atoms with Crippen LogP contribution in [-0.4, -0.2) is 69.4 Å². The number of ether oxygens (including phenoxy) is 2. The monoisotopic (exact) mass is 1030 g/mol. The first kappa shape index (κ1) is 60.6. The highest BCUT2D eigenvalue weighted by atomic mass is 32.2. The molecular weight excluding hydrogens is 945 g/mol. The smallest absolute Gasteiger partial charge is 0.315 e. The topological polar surface area (TPSA) is 52.6 Å². The van der Waals surface area contributed by atoms with Gasteiger partial charge in [-0.05, 0) is 24.3 Å². The van der Waals surface area contributed by atoms with E-state index in [1.807, 2.05) is 23.5 Å². The highest BCUT2D eigenvalue weighted by molar-refractivity contribution is 8.12. The van der Waals surface area contributed by atoms with Crippen molar-refractivity contribution < 1.29 is 19.1 Å². The molecule has 0 aromatic heterocycles. The fraction of sp³-hybridized carbons (Fsp3) is 0.808. The van der Waals surface area contributed by atoms with Crippen LogP contribution in [0.1, 0.15) is 219 Å². The first-order chi connectivity index (χ1) is 31.2. The number of rotatable bonds is 42. The molecule has 0 radical (unpaired) electrons. The minimum Gasteiger partial charge on any atom is -0.468 e. The molecule has 0 aromatic carbocycles. The number of carbonyl (C=O) groups excluding carboxylic acids is 2. The van der Waals surface area contributed by atoms with Crippen LogP contribution in [0, 0.1) is 0 Å². The van der Waals surface area contributed by atoms with Crippen molar-refractivity contribution in [3.63, 3.8) is 0 Å². The van der Waals surface area contributed by atoms with E-state index in [1.165, 1.54) is 240 Å². The molecule has 1 saturated carbocycles. The number of thioether (sulfide) groups is 4. The lowest BCUT2D eigenvalue weighted by Crippen LogP contribution is -2.15. The molecule has 2 atom stereocenters. The Morgan fingerprint density at radius 2 is 0.656 bits per heavy atom. The number of thiocarbonyl (C=S) groups is 2. The Bertz CT molecular complexity index is 1400. The van der Waals surface area contributed by atoms with Crippen LogP contribution in [0.2, 0.25) is 0 Å². The Morgan fingerprint density at radius 3 is 0.969 bits per heavy atom. The number of carbonyl (C=O) groups is 2. The normalized spacial score (nSPS) is 16.6. The highest BCUT2D eigenvalue weighted by Crippen LogP contribution is 2.57. The maximum Gasteiger partial charge on any atom is 0.315 e. The van der Waals surface area contributed by atoms with Gasteiger partial charge in [-0.15, -0.1) is 47.0 Å². The maximum absolute atomic E-state index is 12.6. The van der Waals surface area contributed by atoms with Gasteiger partial charge in [0.1, 0.15) is 0 Å². The summed E-state index contributed by atoms with van der Waals surface area (Å²) in [5.41, 5.74) is 1.86. The second kappa shape index (κ2) is 40.2. The molecule has 4 nitrogen and oxygen atoms in total. The number of allylic oxidation sites excluding steroid dienone is 3. The lowest BCUT2D eigenvalue weighted by Gasteiger charge is -2.15. The average Bonchev–Trinajstić information content (AvgIpc) is 3.68. The molecule has 0 heterocycles. The van der Waals surface area contributed by atoms with Gasteiger partial charge in [0.25, 0.3) is 0 Å². The fourth-order valence-corrected chi connectivity index (χ4v) is 15.0. The molecule has 64 heavy (non-hydrogen) atoms. The lowest BCUT2D eigenvalue weighted by atomic mass is 10.0. The lowest BCUT2D eigenvalue weighted by molar-refractivity contribution is -0.138. The fourth-order valence-electron chi connectivity index (χ4n) is 8.28. The van der Waals surface area contributed by atoms with Crippen molar-refractivity contribution in [3.8, 4) is 0 Å². The van der Waals surface area contributed by atoms with Crippen LogP contribution in [0.4, 0.5) is 0 Å². The quantitative estimate of drug-likeness (QED) is 0.0203. The van der Waals surface area contributed by atoms with Gasteiger partial charge < -0.3 is 9.47 Å². The molecule has 1 fully saturated rings. The van der Waals surface area contributed by atoms with Gasteiger partial charge in [-0.25, -0.2) is 0 Å². The van der Waals surface area contributed by atoms with E-state index in [2.05, 4.69) is 13.8 Å². The molecule has 0 aliphatic heterocycles. The summed E-state index contributed by atoms with van der Waals surface area (Å²) in [5.74, 6) is 1.70. The highest BCUT2D eigenvalue weighted by Gasteiger charge is 2.42. The Kier molecular flexibility index (Phi) is 38.0. The van der Waals surface area contributed by atoms with Gasteiger partial charge in [-0.3, -0.25) is 9.59 Å². The summed E-state index contributed by atoms with van der Waals surface area (Å²) in [6, 6.07) is 0. The third-order valence-corrected chi connectivity index (χ3v) is 19.8. The van der Waals surface area contributed by atoms with Crippen molar-refractivity contribution >= 4 is 118 Å². The zero-order valence-electron chi connectivity index (χ0n) is 40.6. The van der Waals surface area contributed by atoms with E-state index in [1.54, 1.807) is 0 Å². The molecule has 0 saturated heterocycles. The number of methoxy groups -OCH3 is 2. The second-order valence-electron chi connectivity index (χ2n) is 17.7. The van der Waals surface area contributed by atoms with Crippen molar-refractivity contribution in [1.82, 2.24) is 0 Å². The van der Waals surface area contributed by atoms with E-state index < -0.39 is 0 Å². The van der Waals surface area contributed by atoms with Gasteiger partial charge in [0.2, 0.25) is 0 Å². The maximum atomic E-state index is 12.6. The Labute approximate surface area is 431 Å². The summed E-state index contributed by atoms with van der Waals surface area (Å²) in [6.07, 6.45) is 43.1. The zero-order valence-corrected chi connectivity index (χ0v) is 47.3. The zero-order chi connectivity index (χ0) is 46.6. The largest absolute Gasteiger partial charge is 0.468 e. The SMILES string of the molecule is CCCCCCCCCCCCCCCCCCSC1=C(SCCCCCCCCCCCCCCCCCC)C(=C2C(=S)C(S)C(S)C2=S)C(SCC(=O)OC)=C1SCC(=O)OC. The van der Waals surface area contributed by atoms with Crippen LogP contribution in [0.5, 0.6) is 0 Å². The van der Waals surface area contributed by atoms with Crippen LogP contribution < -0.4 is 0 Å². The minimum absolute atomic E-state index is 0.146. The first-order valence-electron chi connectivity index (χ1n) is 25.6. The third-order valence-electron chi connectivity index (χ3n) is 12.3. The van der Waals surface area contributed by atoms with E-state index >= 15 is 0 Å². The molecule has 0 spiro atoms. The summed E-state index contributed by atoms with van der Waals surface area (Å²) in [4.78, 5) is 31.0. The van der Waals surface area contributed by atoms with Gasteiger partial charge in [0.05, 0.1) is 36.2 Å². The molecule has 368 valence electrons. The van der Waals surface area contributed by atoms with Crippen LogP contribution in [0.25, 0.3) is 0 Å². The van der Waals surface area contributed by atoms with Gasteiger partial charge in [-0.1, -0.05) is 231 Å². The third kappa shape index (κ3) is 25.3. The van der Waals surface area contributed by atoms with Crippen molar-refractivity contribution in [2.75, 3.05) is 37.2 Å². The van der Waals surface area contributed by atoms with Crippen molar-refractivity contribution in [2.45, 2.75) is 230 Å². The van der Waals surface area contributed by atoms with E-state index in [0.29, 0.717) is 9.73 Å². The van der Waals surface area contributed by atoms with Gasteiger partial charge >= 0.3 is 11.9 Å². The van der Waals surface area contributed by atoms with Crippen molar-refractivity contribution in [2.24, 2.45) is 0 Å². The van der Waals surface area contributed by atoms with Gasteiger partial charge in [0.15, 0.2) is 0 Å². The van der Waals surface area contributed by atoms with Gasteiger partial charge in [0, 0.05) is 40.5 Å². The molecular formula is C52H88O4S8. The minimum atomic E-state index is -0.300.